The molecule has 27 heavy (non-hydrogen) atoms. The van der Waals surface area contributed by atoms with Crippen molar-refractivity contribution >= 4 is 79.1 Å². The van der Waals surface area contributed by atoms with Gasteiger partial charge in [0.05, 0.1) is 26.4 Å². The third kappa shape index (κ3) is 14.0. The number of alkyl halides is 4. The van der Waals surface area contributed by atoms with Gasteiger partial charge < -0.3 is 9.05 Å². The van der Waals surface area contributed by atoms with Crippen LogP contribution in [-0.2, 0) is 31.7 Å². The quantitative estimate of drug-likeness (QED) is 0.138. The van der Waals surface area contributed by atoms with E-state index >= 15 is 0 Å². The molecule has 0 bridgehead atoms. The van der Waals surface area contributed by atoms with Crippen molar-refractivity contribution in [3.8, 4) is 0 Å². The minimum Gasteiger partial charge on any atom is -0.306 e. The van der Waals surface area contributed by atoms with Gasteiger partial charge in [0.1, 0.15) is 0 Å². The summed E-state index contributed by atoms with van der Waals surface area (Å²) in [6.45, 7) is 9.23. The summed E-state index contributed by atoms with van der Waals surface area (Å²) in [6.07, 6.45) is 0. The molecule has 0 aliphatic carbocycles. The summed E-state index contributed by atoms with van der Waals surface area (Å²) in [7, 11) is -7.74. The molecule has 0 aromatic heterocycles. The van der Waals surface area contributed by atoms with E-state index in [-0.39, 0.29) is 45.7 Å². The van der Waals surface area contributed by atoms with Gasteiger partial charge in [-0.1, -0.05) is 91.4 Å². The second-order valence-corrected chi connectivity index (χ2v) is 16.2. The van der Waals surface area contributed by atoms with Gasteiger partial charge in [-0.15, -0.1) is 0 Å². The maximum atomic E-state index is 13.2. The highest BCUT2D eigenvalue weighted by Gasteiger charge is 2.41. The predicted octanol–water partition coefficient (Wildman–Crippen LogP) is 6.85. The minimum absolute atomic E-state index is 0.0502. The highest BCUT2D eigenvalue weighted by Crippen LogP contribution is 2.61. The molecule has 0 spiro atoms. The van der Waals surface area contributed by atoms with Gasteiger partial charge in [-0.2, -0.15) is 0 Å². The zero-order valence-electron chi connectivity index (χ0n) is 16.0. The summed E-state index contributed by atoms with van der Waals surface area (Å²) in [5.41, 5.74) is 0. The van der Waals surface area contributed by atoms with Crippen molar-refractivity contribution in [2.24, 2.45) is 0 Å². The van der Waals surface area contributed by atoms with Crippen LogP contribution >= 0.6 is 79.1 Å². The number of phosphoric ester groups is 1. The third-order valence-electron chi connectivity index (χ3n) is 2.62. The number of halogens is 4. The van der Waals surface area contributed by atoms with Crippen LogP contribution in [0.1, 0.15) is 34.6 Å². The zero-order valence-corrected chi connectivity index (χ0v) is 24.1. The van der Waals surface area contributed by atoms with E-state index in [0.29, 0.717) is 0 Å². The molecule has 0 amide bonds. The molecule has 0 saturated carbocycles. The first-order valence-electron chi connectivity index (χ1n) is 8.32. The number of phosphoric acid groups is 1. The minimum atomic E-state index is -3.99. The van der Waals surface area contributed by atoms with E-state index in [1.54, 1.807) is 0 Å². The molecule has 0 fully saturated rings. The predicted molar refractivity (Wildman–Crippen MR) is 123 cm³/mol. The summed E-state index contributed by atoms with van der Waals surface area (Å²) in [5, 5.41) is 0. The standard InChI is InChI=1S/C14H28Br4O7P2/c1-10(15)6-21-26(19,22-7-11(2)16)14(5)25-27(20,23-8-12(3)17)24-9-13(4)18/h10-14H,6-9H2,1-5H3. The van der Waals surface area contributed by atoms with Crippen molar-refractivity contribution in [2.45, 2.75) is 59.8 Å². The number of hydrogen-bond donors (Lipinski definition) is 0. The first-order valence-corrected chi connectivity index (χ1v) is 15.1. The van der Waals surface area contributed by atoms with Crippen LogP contribution in [0.15, 0.2) is 0 Å². The lowest BCUT2D eigenvalue weighted by Gasteiger charge is -2.28. The van der Waals surface area contributed by atoms with Gasteiger partial charge in [-0.25, -0.2) is 4.57 Å². The second-order valence-electron chi connectivity index (χ2n) is 6.00. The molecular formula is C14H28Br4O7P2. The molecule has 13 heteroatoms. The largest absolute Gasteiger partial charge is 0.475 e. The molecule has 0 N–H and O–H groups in total. The summed E-state index contributed by atoms with van der Waals surface area (Å²) in [5.74, 6) is -1.16. The van der Waals surface area contributed by atoms with E-state index < -0.39 is 21.3 Å². The highest BCUT2D eigenvalue weighted by atomic mass is 79.9. The fraction of sp³-hybridized carbons (Fsp3) is 1.00. The van der Waals surface area contributed by atoms with Crippen LogP contribution in [0.25, 0.3) is 0 Å². The highest BCUT2D eigenvalue weighted by molar-refractivity contribution is 9.10. The Morgan fingerprint density at radius 2 is 0.926 bits per heavy atom. The lowest BCUT2D eigenvalue weighted by Crippen LogP contribution is -2.19. The monoisotopic (exact) mass is 686 g/mol. The second kappa shape index (κ2) is 14.3. The Morgan fingerprint density at radius 1 is 0.630 bits per heavy atom. The van der Waals surface area contributed by atoms with Gasteiger partial charge in [0.15, 0.2) is 5.85 Å². The molecular weight excluding hydrogens is 662 g/mol. The number of rotatable bonds is 15. The van der Waals surface area contributed by atoms with E-state index in [1.165, 1.54) is 6.92 Å². The first kappa shape index (κ1) is 29.2. The van der Waals surface area contributed by atoms with Gasteiger partial charge in [0.25, 0.3) is 0 Å². The molecule has 0 saturated heterocycles. The SMILES string of the molecule is CC(Br)COP(=O)(OCC(C)Br)OC(C)P(=O)(OCC(C)Br)OCC(C)Br. The Morgan fingerprint density at radius 3 is 1.22 bits per heavy atom. The summed E-state index contributed by atoms with van der Waals surface area (Å²) >= 11 is 13.3. The Balaban J connectivity index is 5.32. The van der Waals surface area contributed by atoms with E-state index in [2.05, 4.69) is 63.7 Å². The molecule has 5 atom stereocenters. The Kier molecular flexibility index (Phi) is 15.4. The maximum Gasteiger partial charge on any atom is 0.475 e. The van der Waals surface area contributed by atoms with Gasteiger partial charge in [0, 0.05) is 19.3 Å². The number of hydrogen-bond acceptors (Lipinski definition) is 7. The van der Waals surface area contributed by atoms with Crippen molar-refractivity contribution in [1.29, 1.82) is 0 Å². The normalized spacial score (nSPS) is 22.3. The summed E-state index contributed by atoms with van der Waals surface area (Å²) in [4.78, 5) is -0.244. The molecule has 7 nitrogen and oxygen atoms in total. The molecule has 0 radical (unpaired) electrons. The fourth-order valence-electron chi connectivity index (χ4n) is 1.39. The molecule has 0 aromatic rings. The summed E-state index contributed by atoms with van der Waals surface area (Å²) < 4.78 is 53.4. The topological polar surface area (TPSA) is 80.3 Å². The fourth-order valence-corrected chi connectivity index (χ4v) is 6.28. The van der Waals surface area contributed by atoms with Gasteiger partial charge in [-0.3, -0.25) is 18.1 Å². The third-order valence-corrected chi connectivity index (χ3v) is 7.36. The van der Waals surface area contributed by atoms with E-state index in [0.717, 1.165) is 0 Å². The molecule has 0 aromatic carbocycles. The smallest absolute Gasteiger partial charge is 0.306 e. The van der Waals surface area contributed by atoms with Crippen molar-refractivity contribution in [3.05, 3.63) is 0 Å². The van der Waals surface area contributed by atoms with Crippen molar-refractivity contribution < 1.29 is 31.7 Å². The van der Waals surface area contributed by atoms with Crippen LogP contribution in [0.4, 0.5) is 0 Å². The van der Waals surface area contributed by atoms with Crippen LogP contribution in [-0.4, -0.2) is 51.6 Å². The van der Waals surface area contributed by atoms with E-state index in [9.17, 15) is 9.13 Å². The van der Waals surface area contributed by atoms with Crippen LogP contribution < -0.4 is 0 Å². The van der Waals surface area contributed by atoms with Crippen LogP contribution in [0, 0.1) is 0 Å². The van der Waals surface area contributed by atoms with Crippen molar-refractivity contribution in [2.75, 3.05) is 26.4 Å². The first-order chi connectivity index (χ1) is 12.3. The summed E-state index contributed by atoms with van der Waals surface area (Å²) in [6, 6.07) is 0. The molecule has 0 rings (SSSR count). The average Bonchev–Trinajstić information content (AvgIpc) is 2.54. The molecule has 5 unspecified atom stereocenters. The van der Waals surface area contributed by atoms with Gasteiger partial charge >= 0.3 is 15.4 Å². The van der Waals surface area contributed by atoms with Crippen LogP contribution in [0.5, 0.6) is 0 Å². The molecule has 0 heterocycles. The molecule has 164 valence electrons. The van der Waals surface area contributed by atoms with Crippen molar-refractivity contribution in [1.82, 2.24) is 0 Å². The van der Waals surface area contributed by atoms with E-state index in [4.69, 9.17) is 22.6 Å². The van der Waals surface area contributed by atoms with Crippen LogP contribution in [0.2, 0.25) is 0 Å². The Hall–Kier alpha value is 2.18. The lowest BCUT2D eigenvalue weighted by atomic mass is 10.5. The average molecular weight is 690 g/mol. The van der Waals surface area contributed by atoms with Crippen molar-refractivity contribution in [3.63, 3.8) is 0 Å². The van der Waals surface area contributed by atoms with E-state index in [1.807, 2.05) is 27.7 Å². The zero-order chi connectivity index (χ0) is 21.3. The molecule has 0 aliphatic heterocycles. The molecule has 0 aliphatic rings. The van der Waals surface area contributed by atoms with Crippen LogP contribution in [0.3, 0.4) is 0 Å². The van der Waals surface area contributed by atoms with Gasteiger partial charge in [0.2, 0.25) is 0 Å². The lowest BCUT2D eigenvalue weighted by molar-refractivity contribution is 0.0901. The Labute approximate surface area is 196 Å². The maximum absolute atomic E-state index is 13.2. The van der Waals surface area contributed by atoms with Gasteiger partial charge in [-0.05, 0) is 6.92 Å². The Bertz CT molecular complexity index is 474.